The van der Waals surface area contributed by atoms with Gasteiger partial charge in [-0.2, -0.15) is 0 Å². The molecule has 2 aliphatic heterocycles. The molecular formula is C19H28N2O3. The Hall–Kier alpha value is -1.78. The van der Waals surface area contributed by atoms with Gasteiger partial charge >= 0.3 is 0 Å². The van der Waals surface area contributed by atoms with E-state index in [1.807, 2.05) is 24.8 Å². The Morgan fingerprint density at radius 1 is 0.958 bits per heavy atom. The molecule has 0 saturated carbocycles. The Kier molecular flexibility index (Phi) is 5.27. The van der Waals surface area contributed by atoms with Crippen LogP contribution < -0.4 is 0 Å². The Labute approximate surface area is 144 Å². The summed E-state index contributed by atoms with van der Waals surface area (Å²) >= 11 is 0. The molecule has 0 radical (unpaired) electrons. The third-order valence-corrected chi connectivity index (χ3v) is 5.32. The maximum absolute atomic E-state index is 12.7. The molecule has 0 spiro atoms. The fourth-order valence-corrected chi connectivity index (χ4v) is 3.89. The highest BCUT2D eigenvalue weighted by molar-refractivity contribution is 5.95. The van der Waals surface area contributed by atoms with Gasteiger partial charge in [0.15, 0.2) is 0 Å². The minimum Gasteiger partial charge on any atom is -0.466 e. The van der Waals surface area contributed by atoms with E-state index < -0.39 is 0 Å². The molecule has 2 amide bonds. The van der Waals surface area contributed by atoms with Gasteiger partial charge in [-0.05, 0) is 45.6 Å². The molecule has 0 N–H and O–H groups in total. The van der Waals surface area contributed by atoms with E-state index in [-0.39, 0.29) is 11.8 Å². The normalized spacial score (nSPS) is 20.1. The van der Waals surface area contributed by atoms with Crippen molar-refractivity contribution in [2.75, 3.05) is 26.2 Å². The highest BCUT2D eigenvalue weighted by atomic mass is 16.3. The topological polar surface area (TPSA) is 53.8 Å². The first-order chi connectivity index (χ1) is 11.6. The van der Waals surface area contributed by atoms with Crippen molar-refractivity contribution in [1.82, 2.24) is 9.80 Å². The average molecular weight is 332 g/mol. The molecule has 2 saturated heterocycles. The van der Waals surface area contributed by atoms with Crippen LogP contribution in [0.25, 0.3) is 0 Å². The van der Waals surface area contributed by atoms with Crippen LogP contribution in [-0.2, 0) is 4.79 Å². The molecule has 0 aliphatic carbocycles. The SMILES string of the molecule is Cc1cc(C(=O)N2CCC(C(=O)N3CCCCCC3)CC2)c(C)o1. The van der Waals surface area contributed by atoms with Crippen molar-refractivity contribution in [1.29, 1.82) is 0 Å². The second kappa shape index (κ2) is 7.41. The first kappa shape index (κ1) is 17.1. The summed E-state index contributed by atoms with van der Waals surface area (Å²) in [6.45, 7) is 6.82. The summed E-state index contributed by atoms with van der Waals surface area (Å²) in [7, 11) is 0. The van der Waals surface area contributed by atoms with Crippen molar-refractivity contribution >= 4 is 11.8 Å². The number of aryl methyl sites for hydroxylation is 2. The van der Waals surface area contributed by atoms with Crippen molar-refractivity contribution in [3.05, 3.63) is 23.2 Å². The number of amides is 2. The predicted molar refractivity (Wildman–Crippen MR) is 91.9 cm³/mol. The van der Waals surface area contributed by atoms with Crippen LogP contribution in [0.3, 0.4) is 0 Å². The summed E-state index contributed by atoms with van der Waals surface area (Å²) in [5, 5.41) is 0. The van der Waals surface area contributed by atoms with Gasteiger partial charge in [0.25, 0.3) is 5.91 Å². The van der Waals surface area contributed by atoms with Gasteiger partial charge in [-0.3, -0.25) is 9.59 Å². The summed E-state index contributed by atoms with van der Waals surface area (Å²) in [4.78, 5) is 29.3. The number of hydrogen-bond acceptors (Lipinski definition) is 3. The molecule has 0 aromatic carbocycles. The predicted octanol–water partition coefficient (Wildman–Crippen LogP) is 3.15. The van der Waals surface area contributed by atoms with Crippen molar-refractivity contribution in [3.63, 3.8) is 0 Å². The highest BCUT2D eigenvalue weighted by Gasteiger charge is 2.31. The lowest BCUT2D eigenvalue weighted by atomic mass is 9.94. The van der Waals surface area contributed by atoms with Crippen LogP contribution in [0, 0.1) is 19.8 Å². The standard InChI is InChI=1S/C19H28N2O3/c1-14-13-17(15(2)24-14)19(23)21-11-7-16(8-12-21)18(22)20-9-5-3-4-6-10-20/h13,16H,3-12H2,1-2H3. The molecule has 0 unspecified atom stereocenters. The van der Waals surface area contributed by atoms with Crippen molar-refractivity contribution in [2.45, 2.75) is 52.4 Å². The molecule has 1 aromatic heterocycles. The van der Waals surface area contributed by atoms with E-state index in [0.717, 1.165) is 44.5 Å². The van der Waals surface area contributed by atoms with Crippen molar-refractivity contribution in [2.24, 2.45) is 5.92 Å². The van der Waals surface area contributed by atoms with Gasteiger partial charge in [0.05, 0.1) is 5.56 Å². The van der Waals surface area contributed by atoms with Crippen LogP contribution in [0.15, 0.2) is 10.5 Å². The van der Waals surface area contributed by atoms with Crippen LogP contribution in [0.4, 0.5) is 0 Å². The monoisotopic (exact) mass is 332 g/mol. The number of rotatable bonds is 2. The molecule has 5 nitrogen and oxygen atoms in total. The second-order valence-electron chi connectivity index (χ2n) is 7.13. The molecule has 3 heterocycles. The van der Waals surface area contributed by atoms with E-state index in [0.29, 0.717) is 30.3 Å². The number of furan rings is 1. The number of piperidine rings is 1. The van der Waals surface area contributed by atoms with Crippen LogP contribution in [0.2, 0.25) is 0 Å². The lowest BCUT2D eigenvalue weighted by Crippen LogP contribution is -2.44. The fourth-order valence-electron chi connectivity index (χ4n) is 3.89. The minimum atomic E-state index is 0.0324. The van der Waals surface area contributed by atoms with Gasteiger partial charge in [-0.25, -0.2) is 0 Å². The number of nitrogens with zero attached hydrogens (tertiary/aromatic N) is 2. The van der Waals surface area contributed by atoms with E-state index in [4.69, 9.17) is 4.42 Å². The van der Waals surface area contributed by atoms with E-state index in [2.05, 4.69) is 4.90 Å². The molecule has 2 fully saturated rings. The lowest BCUT2D eigenvalue weighted by molar-refractivity contribution is -0.136. The molecule has 24 heavy (non-hydrogen) atoms. The van der Waals surface area contributed by atoms with Gasteiger partial charge in [0, 0.05) is 32.1 Å². The van der Waals surface area contributed by atoms with E-state index in [1.54, 1.807) is 0 Å². The highest BCUT2D eigenvalue weighted by Crippen LogP contribution is 2.24. The molecule has 0 atom stereocenters. The fraction of sp³-hybridized carbons (Fsp3) is 0.684. The quantitative estimate of drug-likeness (QED) is 0.836. The summed E-state index contributed by atoms with van der Waals surface area (Å²) in [5.41, 5.74) is 0.657. The van der Waals surface area contributed by atoms with E-state index >= 15 is 0 Å². The van der Waals surface area contributed by atoms with Gasteiger partial charge in [0.2, 0.25) is 5.91 Å². The summed E-state index contributed by atoms with van der Waals surface area (Å²) < 4.78 is 5.47. The van der Waals surface area contributed by atoms with Gasteiger partial charge in [-0.1, -0.05) is 12.8 Å². The van der Waals surface area contributed by atoms with Crippen molar-refractivity contribution < 1.29 is 14.0 Å². The molecule has 1 aromatic rings. The largest absolute Gasteiger partial charge is 0.466 e. The summed E-state index contributed by atoms with van der Waals surface area (Å²) in [5.74, 6) is 1.87. The first-order valence-corrected chi connectivity index (χ1v) is 9.21. The number of carbonyl (C=O) groups is 2. The smallest absolute Gasteiger partial charge is 0.257 e. The third-order valence-electron chi connectivity index (χ3n) is 5.32. The van der Waals surface area contributed by atoms with E-state index in [9.17, 15) is 9.59 Å². The van der Waals surface area contributed by atoms with Crippen LogP contribution in [-0.4, -0.2) is 47.8 Å². The molecule has 3 rings (SSSR count). The van der Waals surface area contributed by atoms with Gasteiger partial charge < -0.3 is 14.2 Å². The summed E-state index contributed by atoms with van der Waals surface area (Å²) in [6.07, 6.45) is 6.28. The molecule has 0 bridgehead atoms. The van der Waals surface area contributed by atoms with Crippen LogP contribution in [0.5, 0.6) is 0 Å². The first-order valence-electron chi connectivity index (χ1n) is 9.21. The third kappa shape index (κ3) is 3.65. The van der Waals surface area contributed by atoms with Crippen LogP contribution >= 0.6 is 0 Å². The zero-order valence-electron chi connectivity index (χ0n) is 14.8. The second-order valence-corrected chi connectivity index (χ2v) is 7.13. The average Bonchev–Trinajstić information content (AvgIpc) is 2.80. The maximum Gasteiger partial charge on any atom is 0.257 e. The lowest BCUT2D eigenvalue weighted by Gasteiger charge is -2.34. The van der Waals surface area contributed by atoms with Crippen molar-refractivity contribution in [3.8, 4) is 0 Å². The Morgan fingerprint density at radius 2 is 1.58 bits per heavy atom. The molecule has 132 valence electrons. The maximum atomic E-state index is 12.7. The Bertz CT molecular complexity index is 592. The zero-order valence-corrected chi connectivity index (χ0v) is 14.8. The summed E-state index contributed by atoms with van der Waals surface area (Å²) in [6, 6.07) is 1.81. The molecule has 2 aliphatic rings. The number of likely N-dealkylation sites (tertiary alicyclic amines) is 2. The Balaban J connectivity index is 1.56. The van der Waals surface area contributed by atoms with E-state index in [1.165, 1.54) is 12.8 Å². The number of carbonyl (C=O) groups excluding carboxylic acids is 2. The minimum absolute atomic E-state index is 0.0324. The zero-order chi connectivity index (χ0) is 17.1. The molecular weight excluding hydrogens is 304 g/mol. The van der Waals surface area contributed by atoms with Crippen LogP contribution in [0.1, 0.15) is 60.4 Å². The number of hydrogen-bond donors (Lipinski definition) is 0. The van der Waals surface area contributed by atoms with Gasteiger partial charge in [-0.15, -0.1) is 0 Å². The Morgan fingerprint density at radius 3 is 2.12 bits per heavy atom. The molecule has 5 heteroatoms. The van der Waals surface area contributed by atoms with Gasteiger partial charge in [0.1, 0.15) is 11.5 Å².